The molecule has 1 aliphatic carbocycles. The summed E-state index contributed by atoms with van der Waals surface area (Å²) in [7, 11) is 0. The van der Waals surface area contributed by atoms with Gasteiger partial charge in [0.05, 0.1) is 11.4 Å². The quantitative estimate of drug-likeness (QED) is 0.846. The Kier molecular flexibility index (Phi) is 4.20. The van der Waals surface area contributed by atoms with Gasteiger partial charge >= 0.3 is 0 Å². The van der Waals surface area contributed by atoms with Gasteiger partial charge in [0.25, 0.3) is 0 Å². The average Bonchev–Trinajstić information content (AvgIpc) is 2.56. The summed E-state index contributed by atoms with van der Waals surface area (Å²) in [5.41, 5.74) is 1.17. The predicted octanol–water partition coefficient (Wildman–Crippen LogP) is 3.41. The Balaban J connectivity index is 1.73. The minimum absolute atomic E-state index is 0.0938. The molecule has 0 amide bonds. The predicted molar refractivity (Wildman–Crippen MR) is 86.2 cm³/mol. The van der Waals surface area contributed by atoms with Gasteiger partial charge in [-0.1, -0.05) is 0 Å². The van der Waals surface area contributed by atoms with E-state index in [0.717, 1.165) is 12.2 Å². The number of nitrogens with one attached hydrogen (secondary N) is 2. The van der Waals surface area contributed by atoms with Crippen molar-refractivity contribution in [1.29, 1.82) is 0 Å². The maximum absolute atomic E-state index is 12.9. The van der Waals surface area contributed by atoms with Crippen LogP contribution < -0.4 is 10.6 Å². The zero-order chi connectivity index (χ0) is 17.1. The van der Waals surface area contributed by atoms with Crippen LogP contribution in [0.4, 0.5) is 20.2 Å². The normalized spacial score (nSPS) is 14.1. The highest BCUT2D eigenvalue weighted by Crippen LogP contribution is 2.18. The Labute approximate surface area is 136 Å². The average molecular weight is 326 g/mol. The Bertz CT molecular complexity index is 780. The number of carbonyl (C=O) groups is 2. The number of hydrogen-bond acceptors (Lipinski definition) is 4. The largest absolute Gasteiger partial charge is 0.352 e. The highest BCUT2D eigenvalue weighted by atomic mass is 19.1. The molecule has 6 heteroatoms. The lowest BCUT2D eigenvalue weighted by atomic mass is 10.1. The van der Waals surface area contributed by atoms with E-state index in [-0.39, 0.29) is 11.4 Å². The van der Waals surface area contributed by atoms with Crippen molar-refractivity contribution in [3.8, 4) is 0 Å². The number of rotatable bonds is 4. The van der Waals surface area contributed by atoms with Crippen molar-refractivity contribution in [2.75, 3.05) is 10.6 Å². The zero-order valence-electron chi connectivity index (χ0n) is 12.3. The number of benzene rings is 2. The molecular formula is C18H12F2N2O2. The van der Waals surface area contributed by atoms with Crippen LogP contribution in [0.2, 0.25) is 0 Å². The molecule has 2 N–H and O–H groups in total. The number of anilines is 2. The topological polar surface area (TPSA) is 58.2 Å². The highest BCUT2D eigenvalue weighted by Gasteiger charge is 2.20. The van der Waals surface area contributed by atoms with Gasteiger partial charge in [-0.2, -0.15) is 0 Å². The van der Waals surface area contributed by atoms with Gasteiger partial charge in [-0.05, 0) is 48.5 Å². The fourth-order valence-electron chi connectivity index (χ4n) is 2.13. The molecule has 0 saturated carbocycles. The summed E-state index contributed by atoms with van der Waals surface area (Å²) in [6, 6.07) is 10.8. The molecule has 0 aromatic heterocycles. The van der Waals surface area contributed by atoms with Crippen LogP contribution in [0.1, 0.15) is 0 Å². The monoisotopic (exact) mass is 326 g/mol. The van der Waals surface area contributed by atoms with E-state index < -0.39 is 23.2 Å². The van der Waals surface area contributed by atoms with E-state index in [1.54, 1.807) is 0 Å². The number of halogens is 2. The highest BCUT2D eigenvalue weighted by molar-refractivity contribution is 6.21. The molecule has 2 aromatic rings. The summed E-state index contributed by atoms with van der Waals surface area (Å²) in [6.07, 6.45) is 2.33. The van der Waals surface area contributed by atoms with Crippen LogP contribution in [-0.4, -0.2) is 11.6 Å². The Morgan fingerprint density at radius 1 is 0.583 bits per heavy atom. The summed E-state index contributed by atoms with van der Waals surface area (Å²) >= 11 is 0. The molecule has 1 aliphatic rings. The van der Waals surface area contributed by atoms with Crippen LogP contribution in [0, 0.1) is 11.6 Å². The van der Waals surface area contributed by atoms with Crippen LogP contribution in [0.15, 0.2) is 72.1 Å². The summed E-state index contributed by atoms with van der Waals surface area (Å²) in [6.45, 7) is 0. The van der Waals surface area contributed by atoms with Crippen molar-refractivity contribution in [3.63, 3.8) is 0 Å². The van der Waals surface area contributed by atoms with E-state index in [4.69, 9.17) is 0 Å². The molecule has 0 bridgehead atoms. The second-order valence-corrected chi connectivity index (χ2v) is 5.11. The van der Waals surface area contributed by atoms with E-state index in [2.05, 4.69) is 10.6 Å². The Hall–Kier alpha value is -3.28. The third kappa shape index (κ3) is 3.55. The summed E-state index contributed by atoms with van der Waals surface area (Å²) in [5, 5.41) is 5.56. The summed E-state index contributed by atoms with van der Waals surface area (Å²) in [4.78, 5) is 24.3. The molecule has 0 aliphatic heterocycles. The van der Waals surface area contributed by atoms with E-state index in [1.807, 2.05) is 0 Å². The lowest BCUT2D eigenvalue weighted by molar-refractivity contribution is -0.115. The van der Waals surface area contributed by atoms with Crippen molar-refractivity contribution in [3.05, 3.63) is 83.7 Å². The Morgan fingerprint density at radius 3 is 1.25 bits per heavy atom. The van der Waals surface area contributed by atoms with Crippen LogP contribution in [-0.2, 0) is 9.59 Å². The molecule has 4 nitrogen and oxygen atoms in total. The molecule has 24 heavy (non-hydrogen) atoms. The van der Waals surface area contributed by atoms with Crippen LogP contribution >= 0.6 is 0 Å². The summed E-state index contributed by atoms with van der Waals surface area (Å²) < 4.78 is 25.8. The first-order chi connectivity index (χ1) is 11.5. The number of ketones is 2. The van der Waals surface area contributed by atoms with Crippen LogP contribution in [0.5, 0.6) is 0 Å². The van der Waals surface area contributed by atoms with Crippen molar-refractivity contribution in [1.82, 2.24) is 0 Å². The van der Waals surface area contributed by atoms with Crippen LogP contribution in [0.25, 0.3) is 0 Å². The number of carbonyl (C=O) groups excluding carboxylic acids is 2. The molecule has 2 aromatic carbocycles. The van der Waals surface area contributed by atoms with Gasteiger partial charge in [-0.25, -0.2) is 8.78 Å². The van der Waals surface area contributed by atoms with Crippen molar-refractivity contribution in [2.45, 2.75) is 0 Å². The van der Waals surface area contributed by atoms with Gasteiger partial charge in [0.1, 0.15) is 11.6 Å². The summed E-state index contributed by atoms with van der Waals surface area (Å²) in [5.74, 6) is -1.59. The van der Waals surface area contributed by atoms with Crippen molar-refractivity contribution in [2.24, 2.45) is 0 Å². The van der Waals surface area contributed by atoms with Gasteiger partial charge in [0.2, 0.25) is 11.6 Å². The molecule has 0 radical (unpaired) electrons. The zero-order valence-corrected chi connectivity index (χ0v) is 12.3. The second-order valence-electron chi connectivity index (χ2n) is 5.11. The minimum atomic E-state index is -0.400. The SMILES string of the molecule is O=C1C=C(Nc2ccc(F)cc2)C(=O)C=C1Nc1ccc(F)cc1. The van der Waals surface area contributed by atoms with E-state index in [9.17, 15) is 18.4 Å². The fraction of sp³-hybridized carbons (Fsp3) is 0. The first kappa shape index (κ1) is 15.6. The van der Waals surface area contributed by atoms with Crippen LogP contribution in [0.3, 0.4) is 0 Å². The third-order valence-corrected chi connectivity index (χ3v) is 3.33. The third-order valence-electron chi connectivity index (χ3n) is 3.33. The molecular weight excluding hydrogens is 314 g/mol. The van der Waals surface area contributed by atoms with Crippen molar-refractivity contribution >= 4 is 22.9 Å². The molecule has 3 rings (SSSR count). The van der Waals surface area contributed by atoms with Gasteiger partial charge in [-0.3, -0.25) is 9.59 Å². The minimum Gasteiger partial charge on any atom is -0.352 e. The van der Waals surface area contributed by atoms with E-state index >= 15 is 0 Å². The fourth-order valence-corrected chi connectivity index (χ4v) is 2.13. The second kappa shape index (κ2) is 6.45. The van der Waals surface area contributed by atoms with Gasteiger partial charge in [-0.15, -0.1) is 0 Å². The molecule has 0 spiro atoms. The Morgan fingerprint density at radius 2 is 0.917 bits per heavy atom. The lowest BCUT2D eigenvalue weighted by Gasteiger charge is -2.15. The first-order valence-electron chi connectivity index (χ1n) is 7.08. The van der Waals surface area contributed by atoms with E-state index in [0.29, 0.717) is 11.4 Å². The van der Waals surface area contributed by atoms with Crippen molar-refractivity contribution < 1.29 is 18.4 Å². The smallest absolute Gasteiger partial charge is 0.204 e. The maximum atomic E-state index is 12.9. The number of hydrogen-bond donors (Lipinski definition) is 2. The van der Waals surface area contributed by atoms with Gasteiger partial charge in [0, 0.05) is 23.5 Å². The van der Waals surface area contributed by atoms with E-state index in [1.165, 1.54) is 48.5 Å². The standard InChI is InChI=1S/C18H12F2N2O2/c19-11-1-5-13(6-2-11)21-15-9-18(24)16(10-17(15)23)22-14-7-3-12(20)4-8-14/h1-10,21-22H. The van der Waals surface area contributed by atoms with Gasteiger partial charge in [0.15, 0.2) is 0 Å². The molecule has 0 atom stereocenters. The van der Waals surface area contributed by atoms with Gasteiger partial charge < -0.3 is 10.6 Å². The number of allylic oxidation sites excluding steroid dienone is 2. The molecule has 0 saturated heterocycles. The first-order valence-corrected chi connectivity index (χ1v) is 7.08. The lowest BCUT2D eigenvalue weighted by Crippen LogP contribution is -2.21. The molecule has 120 valence electrons. The maximum Gasteiger partial charge on any atom is 0.204 e. The molecule has 0 unspecified atom stereocenters. The molecule has 0 heterocycles. The molecule has 0 fully saturated rings.